The molecule has 0 spiro atoms. The zero-order valence-electron chi connectivity index (χ0n) is 17.1. The lowest BCUT2D eigenvalue weighted by Gasteiger charge is -2.18. The third kappa shape index (κ3) is 4.18. The summed E-state index contributed by atoms with van der Waals surface area (Å²) in [5, 5.41) is 3.53. The summed E-state index contributed by atoms with van der Waals surface area (Å²) in [4.78, 5) is 41.6. The van der Waals surface area contributed by atoms with Crippen molar-refractivity contribution in [1.82, 2.24) is 14.9 Å². The Morgan fingerprint density at radius 3 is 2.58 bits per heavy atom. The molecule has 0 radical (unpaired) electrons. The molecule has 8 heteroatoms. The Bertz CT molecular complexity index is 1310. The first-order valence-corrected chi connectivity index (χ1v) is 9.85. The minimum absolute atomic E-state index is 0.0685. The lowest BCUT2D eigenvalue weighted by Crippen LogP contribution is -2.38. The van der Waals surface area contributed by atoms with Crippen LogP contribution in [-0.4, -0.2) is 27.5 Å². The van der Waals surface area contributed by atoms with E-state index in [0.717, 1.165) is 15.5 Å². The van der Waals surface area contributed by atoms with Crippen molar-refractivity contribution in [3.8, 4) is 0 Å². The van der Waals surface area contributed by atoms with Crippen LogP contribution < -0.4 is 10.9 Å². The van der Waals surface area contributed by atoms with Gasteiger partial charge in [-0.1, -0.05) is 42.5 Å². The van der Waals surface area contributed by atoms with Crippen LogP contribution in [0, 0.1) is 0 Å². The molecule has 0 fully saturated rings. The van der Waals surface area contributed by atoms with E-state index in [0.29, 0.717) is 11.1 Å². The summed E-state index contributed by atoms with van der Waals surface area (Å²) in [5.41, 5.74) is 1.49. The number of hydrogen-bond acceptors (Lipinski definition) is 6. The smallest absolute Gasteiger partial charge is 0.326 e. The molecule has 2 aromatic heterocycles. The van der Waals surface area contributed by atoms with E-state index in [1.54, 1.807) is 12.1 Å². The molecular weight excluding hydrogens is 398 g/mol. The van der Waals surface area contributed by atoms with Gasteiger partial charge < -0.3 is 14.5 Å². The quantitative estimate of drug-likeness (QED) is 0.482. The van der Waals surface area contributed by atoms with Gasteiger partial charge in [0.25, 0.3) is 11.5 Å². The second kappa shape index (κ2) is 8.43. The van der Waals surface area contributed by atoms with Crippen LogP contribution in [0.3, 0.4) is 0 Å². The number of carbonyl (C=O) groups excluding carboxylic acids is 2. The molecule has 0 saturated carbocycles. The number of carbonyl (C=O) groups is 2. The maximum atomic E-state index is 12.7. The first kappa shape index (κ1) is 20.3. The Morgan fingerprint density at radius 1 is 1.10 bits per heavy atom. The maximum Gasteiger partial charge on any atom is 0.326 e. The van der Waals surface area contributed by atoms with Crippen LogP contribution in [0.5, 0.6) is 0 Å². The van der Waals surface area contributed by atoms with Crippen molar-refractivity contribution in [1.29, 1.82) is 0 Å². The first-order valence-electron chi connectivity index (χ1n) is 9.85. The summed E-state index contributed by atoms with van der Waals surface area (Å²) in [6.07, 6.45) is 0.257. The average Bonchev–Trinajstić information content (AvgIpc) is 3.15. The number of aromatic nitrogens is 2. The number of rotatable bonds is 6. The lowest BCUT2D eigenvalue weighted by molar-refractivity contribution is -0.155. The number of hydrogen-bond donors (Lipinski definition) is 1. The van der Waals surface area contributed by atoms with Crippen LogP contribution >= 0.6 is 0 Å². The van der Waals surface area contributed by atoms with Crippen molar-refractivity contribution in [3.05, 3.63) is 76.8 Å². The van der Waals surface area contributed by atoms with E-state index in [-0.39, 0.29) is 18.2 Å². The summed E-state index contributed by atoms with van der Waals surface area (Å²) < 4.78 is 11.9. The SMILES string of the molecule is CC(OC(=O)Cn1cnc2c(oc3ccccc32)c1=O)C(=O)NC(C)c1ccccc1. The average molecular weight is 419 g/mol. The number of nitrogens with zero attached hydrogens (tertiary/aromatic N) is 2. The van der Waals surface area contributed by atoms with Crippen molar-refractivity contribution < 1.29 is 18.7 Å². The van der Waals surface area contributed by atoms with Crippen LogP contribution in [0.4, 0.5) is 0 Å². The second-order valence-electron chi connectivity index (χ2n) is 7.23. The number of esters is 1. The van der Waals surface area contributed by atoms with E-state index in [2.05, 4.69) is 10.3 Å². The number of benzene rings is 2. The van der Waals surface area contributed by atoms with Gasteiger partial charge in [0, 0.05) is 5.39 Å². The second-order valence-corrected chi connectivity index (χ2v) is 7.23. The molecule has 0 aliphatic heterocycles. The molecule has 1 amide bonds. The molecule has 0 bridgehead atoms. The Balaban J connectivity index is 1.42. The molecule has 31 heavy (non-hydrogen) atoms. The van der Waals surface area contributed by atoms with E-state index in [9.17, 15) is 14.4 Å². The molecule has 2 aromatic carbocycles. The molecular formula is C23H21N3O5. The molecule has 158 valence electrons. The summed E-state index contributed by atoms with van der Waals surface area (Å²) >= 11 is 0. The maximum absolute atomic E-state index is 12.7. The van der Waals surface area contributed by atoms with Crippen molar-refractivity contribution in [2.45, 2.75) is 32.5 Å². The Hall–Kier alpha value is -3.94. The van der Waals surface area contributed by atoms with Gasteiger partial charge in [-0.3, -0.25) is 19.0 Å². The van der Waals surface area contributed by atoms with E-state index >= 15 is 0 Å². The van der Waals surface area contributed by atoms with Gasteiger partial charge in [0.05, 0.1) is 12.4 Å². The van der Waals surface area contributed by atoms with Crippen LogP contribution in [0.25, 0.3) is 22.1 Å². The van der Waals surface area contributed by atoms with Gasteiger partial charge in [-0.15, -0.1) is 0 Å². The molecule has 2 unspecified atom stereocenters. The van der Waals surface area contributed by atoms with Gasteiger partial charge >= 0.3 is 5.97 Å². The van der Waals surface area contributed by atoms with Gasteiger partial charge in [0.2, 0.25) is 5.58 Å². The topological polar surface area (TPSA) is 103 Å². The van der Waals surface area contributed by atoms with E-state index in [1.165, 1.54) is 13.3 Å². The highest BCUT2D eigenvalue weighted by molar-refractivity contribution is 6.01. The van der Waals surface area contributed by atoms with Gasteiger partial charge in [0.1, 0.15) is 17.6 Å². The molecule has 8 nitrogen and oxygen atoms in total. The van der Waals surface area contributed by atoms with E-state index < -0.39 is 23.5 Å². The monoisotopic (exact) mass is 419 g/mol. The van der Waals surface area contributed by atoms with Crippen molar-refractivity contribution >= 4 is 33.9 Å². The fourth-order valence-electron chi connectivity index (χ4n) is 3.31. The number of fused-ring (bicyclic) bond motifs is 3. The minimum Gasteiger partial charge on any atom is -0.451 e. The van der Waals surface area contributed by atoms with Crippen molar-refractivity contribution in [2.75, 3.05) is 0 Å². The third-order valence-electron chi connectivity index (χ3n) is 4.99. The van der Waals surface area contributed by atoms with Gasteiger partial charge in [-0.25, -0.2) is 4.98 Å². The Morgan fingerprint density at radius 2 is 1.81 bits per heavy atom. The summed E-state index contributed by atoms with van der Waals surface area (Å²) in [6.45, 7) is 2.94. The number of ether oxygens (including phenoxy) is 1. The van der Waals surface area contributed by atoms with Crippen LogP contribution in [0.2, 0.25) is 0 Å². The Labute approximate surface area is 177 Å². The summed E-state index contributed by atoms with van der Waals surface area (Å²) in [5.74, 6) is -1.16. The fourth-order valence-corrected chi connectivity index (χ4v) is 3.31. The third-order valence-corrected chi connectivity index (χ3v) is 4.99. The molecule has 0 saturated heterocycles. The molecule has 0 aliphatic rings. The van der Waals surface area contributed by atoms with Crippen LogP contribution in [-0.2, 0) is 20.9 Å². The lowest BCUT2D eigenvalue weighted by atomic mass is 10.1. The normalized spacial score (nSPS) is 13.1. The number of furan rings is 1. The summed E-state index contributed by atoms with van der Waals surface area (Å²) in [6, 6.07) is 16.4. The predicted octanol–water partition coefficient (Wildman–Crippen LogP) is 2.95. The fraction of sp³-hybridized carbons (Fsp3) is 0.217. The highest BCUT2D eigenvalue weighted by Crippen LogP contribution is 2.24. The zero-order valence-corrected chi connectivity index (χ0v) is 17.1. The minimum atomic E-state index is -1.02. The molecule has 1 N–H and O–H groups in total. The van der Waals surface area contributed by atoms with Crippen molar-refractivity contribution in [2.24, 2.45) is 0 Å². The van der Waals surface area contributed by atoms with E-state index in [1.807, 2.05) is 49.4 Å². The van der Waals surface area contributed by atoms with Crippen LogP contribution in [0.1, 0.15) is 25.5 Å². The van der Waals surface area contributed by atoms with Crippen molar-refractivity contribution in [3.63, 3.8) is 0 Å². The Kier molecular flexibility index (Phi) is 5.53. The number of para-hydroxylation sites is 1. The van der Waals surface area contributed by atoms with Crippen LogP contribution in [0.15, 0.2) is 70.1 Å². The first-order chi connectivity index (χ1) is 14.9. The molecule has 2 heterocycles. The molecule has 4 aromatic rings. The highest BCUT2D eigenvalue weighted by atomic mass is 16.5. The predicted molar refractivity (Wildman–Crippen MR) is 114 cm³/mol. The highest BCUT2D eigenvalue weighted by Gasteiger charge is 2.21. The largest absolute Gasteiger partial charge is 0.451 e. The van der Waals surface area contributed by atoms with Gasteiger partial charge in [-0.05, 0) is 31.5 Å². The molecule has 4 rings (SSSR count). The standard InChI is InChI=1S/C23H21N3O5/c1-14(16-8-4-3-5-9-16)25-22(28)15(2)30-19(27)12-26-13-24-20-17-10-6-7-11-18(17)31-21(20)23(26)29/h3-11,13-15H,12H2,1-2H3,(H,25,28). The summed E-state index contributed by atoms with van der Waals surface area (Å²) in [7, 11) is 0. The molecule has 0 aliphatic carbocycles. The molecule has 2 atom stereocenters. The van der Waals surface area contributed by atoms with E-state index in [4.69, 9.17) is 9.15 Å². The van der Waals surface area contributed by atoms with Gasteiger partial charge in [-0.2, -0.15) is 0 Å². The van der Waals surface area contributed by atoms with Gasteiger partial charge in [0.15, 0.2) is 6.10 Å². The number of amides is 1. The zero-order chi connectivity index (χ0) is 22.0. The number of nitrogens with one attached hydrogen (secondary N) is 1.